The van der Waals surface area contributed by atoms with Gasteiger partial charge in [-0.25, -0.2) is 0 Å². The molecular weight excluding hydrogens is 208 g/mol. The van der Waals surface area contributed by atoms with Crippen molar-refractivity contribution in [2.24, 2.45) is 0 Å². The van der Waals surface area contributed by atoms with Gasteiger partial charge in [0, 0.05) is 11.5 Å². The average molecular weight is 224 g/mol. The van der Waals surface area contributed by atoms with E-state index < -0.39 is 0 Å². The van der Waals surface area contributed by atoms with Gasteiger partial charge in [-0.05, 0) is 24.5 Å². The summed E-state index contributed by atoms with van der Waals surface area (Å²) in [6, 6.07) is 8.00. The third kappa shape index (κ3) is 3.23. The molecule has 82 valence electrons. The van der Waals surface area contributed by atoms with E-state index in [0.29, 0.717) is 19.3 Å². The first-order valence-corrected chi connectivity index (χ1v) is 5.77. The van der Waals surface area contributed by atoms with Gasteiger partial charge in [0.2, 0.25) is 0 Å². The largest absolute Gasteiger partial charge is 0.376 e. The van der Waals surface area contributed by atoms with E-state index in [9.17, 15) is 0 Å². The van der Waals surface area contributed by atoms with E-state index in [1.165, 1.54) is 0 Å². The van der Waals surface area contributed by atoms with Crippen LogP contribution < -0.4 is 0 Å². The molecular formula is C12H16O2S. The molecule has 2 nitrogen and oxygen atoms in total. The number of ether oxygens (including phenoxy) is 2. The number of rotatable bonds is 4. The van der Waals surface area contributed by atoms with Gasteiger partial charge in [-0.1, -0.05) is 18.2 Å². The summed E-state index contributed by atoms with van der Waals surface area (Å²) in [5.74, 6) is 0. The zero-order valence-corrected chi connectivity index (χ0v) is 9.58. The Morgan fingerprint density at radius 2 is 2.27 bits per heavy atom. The molecule has 1 aliphatic heterocycles. The molecule has 1 heterocycles. The van der Waals surface area contributed by atoms with E-state index in [4.69, 9.17) is 9.47 Å². The zero-order chi connectivity index (χ0) is 10.5. The van der Waals surface area contributed by atoms with Crippen molar-refractivity contribution in [3.63, 3.8) is 0 Å². The second-order valence-corrected chi connectivity index (χ2v) is 4.26. The van der Waals surface area contributed by atoms with Gasteiger partial charge in [0.25, 0.3) is 0 Å². The van der Waals surface area contributed by atoms with Crippen LogP contribution in [-0.2, 0) is 16.1 Å². The lowest BCUT2D eigenvalue weighted by Crippen LogP contribution is -2.13. The topological polar surface area (TPSA) is 18.5 Å². The SMILES string of the molecule is Sc1ccccc1COCC1CCCO1. The molecule has 1 fully saturated rings. The van der Waals surface area contributed by atoms with E-state index in [2.05, 4.69) is 12.6 Å². The van der Waals surface area contributed by atoms with Crippen molar-refractivity contribution >= 4 is 12.6 Å². The fourth-order valence-corrected chi connectivity index (χ4v) is 1.93. The van der Waals surface area contributed by atoms with Gasteiger partial charge in [-0.2, -0.15) is 0 Å². The van der Waals surface area contributed by atoms with Crippen LogP contribution >= 0.6 is 12.6 Å². The van der Waals surface area contributed by atoms with Crippen LogP contribution in [0.1, 0.15) is 18.4 Å². The van der Waals surface area contributed by atoms with Crippen molar-refractivity contribution in [3.05, 3.63) is 29.8 Å². The Bertz CT molecular complexity index is 308. The summed E-state index contributed by atoms with van der Waals surface area (Å²) in [6.45, 7) is 2.21. The third-order valence-corrected chi connectivity index (χ3v) is 3.01. The Balaban J connectivity index is 1.75. The van der Waals surface area contributed by atoms with Crippen molar-refractivity contribution < 1.29 is 9.47 Å². The molecule has 1 aromatic carbocycles. The second kappa shape index (κ2) is 5.54. The number of hydrogen-bond donors (Lipinski definition) is 1. The van der Waals surface area contributed by atoms with Crippen LogP contribution in [0.4, 0.5) is 0 Å². The van der Waals surface area contributed by atoms with Gasteiger partial charge in [0.1, 0.15) is 0 Å². The summed E-state index contributed by atoms with van der Waals surface area (Å²) >= 11 is 4.37. The molecule has 1 atom stereocenters. The van der Waals surface area contributed by atoms with Crippen molar-refractivity contribution in [1.82, 2.24) is 0 Å². The highest BCUT2D eigenvalue weighted by Crippen LogP contribution is 2.16. The lowest BCUT2D eigenvalue weighted by atomic mass is 10.2. The molecule has 1 aliphatic rings. The van der Waals surface area contributed by atoms with Crippen molar-refractivity contribution in [1.29, 1.82) is 0 Å². The first-order valence-electron chi connectivity index (χ1n) is 5.32. The molecule has 3 heteroatoms. The fourth-order valence-electron chi connectivity index (χ4n) is 1.71. The normalized spacial score (nSPS) is 20.7. The predicted octanol–water partition coefficient (Wildman–Crippen LogP) is 2.67. The van der Waals surface area contributed by atoms with E-state index >= 15 is 0 Å². The van der Waals surface area contributed by atoms with Crippen LogP contribution in [0.5, 0.6) is 0 Å². The van der Waals surface area contributed by atoms with Crippen molar-refractivity contribution in [3.8, 4) is 0 Å². The van der Waals surface area contributed by atoms with Crippen LogP contribution in [-0.4, -0.2) is 19.3 Å². The molecule has 0 N–H and O–H groups in total. The lowest BCUT2D eigenvalue weighted by Gasteiger charge is -2.10. The predicted molar refractivity (Wildman–Crippen MR) is 62.3 cm³/mol. The molecule has 0 radical (unpaired) electrons. The summed E-state index contributed by atoms with van der Waals surface area (Å²) in [5.41, 5.74) is 1.14. The molecule has 0 aliphatic carbocycles. The maximum absolute atomic E-state index is 5.61. The molecule has 1 aromatic rings. The Labute approximate surface area is 96.0 Å². The highest BCUT2D eigenvalue weighted by Gasteiger charge is 2.15. The molecule has 0 aromatic heterocycles. The van der Waals surface area contributed by atoms with Crippen LogP contribution in [0.2, 0.25) is 0 Å². The molecule has 15 heavy (non-hydrogen) atoms. The number of hydrogen-bond acceptors (Lipinski definition) is 3. The number of thiol groups is 1. The number of benzene rings is 1. The summed E-state index contributed by atoms with van der Waals surface area (Å²) < 4.78 is 11.1. The zero-order valence-electron chi connectivity index (χ0n) is 8.69. The molecule has 0 saturated carbocycles. The Morgan fingerprint density at radius 1 is 1.40 bits per heavy atom. The first kappa shape index (κ1) is 11.0. The minimum Gasteiger partial charge on any atom is -0.376 e. The highest BCUT2D eigenvalue weighted by atomic mass is 32.1. The highest BCUT2D eigenvalue weighted by molar-refractivity contribution is 7.80. The lowest BCUT2D eigenvalue weighted by molar-refractivity contribution is 0.0100. The monoisotopic (exact) mass is 224 g/mol. The van der Waals surface area contributed by atoms with Gasteiger partial charge in [-0.15, -0.1) is 12.6 Å². The summed E-state index contributed by atoms with van der Waals surface area (Å²) in [5, 5.41) is 0. The third-order valence-electron chi connectivity index (χ3n) is 2.58. The van der Waals surface area contributed by atoms with E-state index in [1.807, 2.05) is 24.3 Å². The molecule has 2 rings (SSSR count). The maximum atomic E-state index is 5.61. The standard InChI is InChI=1S/C12H16O2S/c15-12-6-2-1-4-10(12)8-13-9-11-5-3-7-14-11/h1-2,4,6,11,15H,3,5,7-9H2. The van der Waals surface area contributed by atoms with Crippen molar-refractivity contribution in [2.45, 2.75) is 30.4 Å². The summed E-state index contributed by atoms with van der Waals surface area (Å²) in [7, 11) is 0. The Kier molecular flexibility index (Phi) is 4.06. The average Bonchev–Trinajstić information content (AvgIpc) is 2.74. The van der Waals surface area contributed by atoms with E-state index in [1.54, 1.807) is 0 Å². The smallest absolute Gasteiger partial charge is 0.0809 e. The van der Waals surface area contributed by atoms with Gasteiger partial charge in [-0.3, -0.25) is 0 Å². The Hall–Kier alpha value is -0.510. The maximum Gasteiger partial charge on any atom is 0.0809 e. The minimum absolute atomic E-state index is 0.303. The Morgan fingerprint density at radius 3 is 3.00 bits per heavy atom. The molecule has 0 spiro atoms. The minimum atomic E-state index is 0.303. The van der Waals surface area contributed by atoms with E-state index in [0.717, 1.165) is 29.9 Å². The van der Waals surface area contributed by atoms with Gasteiger partial charge >= 0.3 is 0 Å². The molecule has 0 bridgehead atoms. The van der Waals surface area contributed by atoms with Gasteiger partial charge in [0.15, 0.2) is 0 Å². The quantitative estimate of drug-likeness (QED) is 0.793. The second-order valence-electron chi connectivity index (χ2n) is 3.78. The van der Waals surface area contributed by atoms with Crippen molar-refractivity contribution in [2.75, 3.05) is 13.2 Å². The first-order chi connectivity index (χ1) is 7.36. The molecule has 1 saturated heterocycles. The molecule has 1 unspecified atom stereocenters. The van der Waals surface area contributed by atoms with Crippen LogP contribution in [0.15, 0.2) is 29.2 Å². The summed E-state index contributed by atoms with van der Waals surface area (Å²) in [6.07, 6.45) is 2.59. The van der Waals surface area contributed by atoms with Crippen LogP contribution in [0.25, 0.3) is 0 Å². The van der Waals surface area contributed by atoms with Crippen LogP contribution in [0.3, 0.4) is 0 Å². The van der Waals surface area contributed by atoms with Gasteiger partial charge in [0.05, 0.1) is 19.3 Å². The van der Waals surface area contributed by atoms with Gasteiger partial charge < -0.3 is 9.47 Å². The summed E-state index contributed by atoms with van der Waals surface area (Å²) in [4.78, 5) is 0.991. The molecule has 0 amide bonds. The van der Waals surface area contributed by atoms with Crippen LogP contribution in [0, 0.1) is 0 Å². The van der Waals surface area contributed by atoms with E-state index in [-0.39, 0.29) is 0 Å². The fraction of sp³-hybridized carbons (Fsp3) is 0.500.